The van der Waals surface area contributed by atoms with E-state index in [2.05, 4.69) is 10.6 Å². The van der Waals surface area contributed by atoms with Crippen molar-refractivity contribution in [2.24, 2.45) is 0 Å². The number of nitrogens with zero attached hydrogens (tertiary/aromatic N) is 1. The maximum atomic E-state index is 11.4. The number of nitrogens with one attached hydrogen (secondary N) is 2. The van der Waals surface area contributed by atoms with Crippen LogP contribution in [0.5, 0.6) is 5.75 Å². The van der Waals surface area contributed by atoms with Gasteiger partial charge in [0.15, 0.2) is 0 Å². The van der Waals surface area contributed by atoms with E-state index in [1.165, 1.54) is 0 Å². The lowest BCUT2D eigenvalue weighted by molar-refractivity contribution is -0.115. The summed E-state index contributed by atoms with van der Waals surface area (Å²) in [5.41, 5.74) is 1.36. The first kappa shape index (κ1) is 16.8. The molecule has 0 bridgehead atoms. The number of hydrogen-bond donors (Lipinski definition) is 2. The summed E-state index contributed by atoms with van der Waals surface area (Å²) < 4.78 is 10.7. The second kappa shape index (κ2) is 8.12. The monoisotopic (exact) mass is 291 g/mol. The third kappa shape index (κ3) is 5.32. The fraction of sp³-hybridized carbons (Fsp3) is 0.467. The number of carbonyl (C=O) groups excluding carboxylic acids is 1. The third-order valence-corrected chi connectivity index (χ3v) is 2.75. The molecule has 0 saturated carbocycles. The predicted molar refractivity (Wildman–Crippen MR) is 81.2 cm³/mol. The van der Waals surface area contributed by atoms with Gasteiger partial charge in [-0.3, -0.25) is 4.79 Å². The second-order valence-corrected chi connectivity index (χ2v) is 4.51. The number of ether oxygens (including phenoxy) is 2. The number of anilines is 2. The van der Waals surface area contributed by atoms with E-state index in [0.29, 0.717) is 23.5 Å². The maximum absolute atomic E-state index is 11.4. The van der Waals surface area contributed by atoms with Crippen LogP contribution >= 0.6 is 0 Å². The Balaban J connectivity index is 2.85. The molecule has 0 spiro atoms. The van der Waals surface area contributed by atoms with E-state index in [1.54, 1.807) is 46.1 Å². The molecule has 2 atom stereocenters. The van der Waals surface area contributed by atoms with Gasteiger partial charge in [0.05, 0.1) is 18.9 Å². The summed E-state index contributed by atoms with van der Waals surface area (Å²) in [5.74, 6) is 0.568. The zero-order chi connectivity index (χ0) is 15.8. The molecule has 0 aromatic heterocycles. The zero-order valence-electron chi connectivity index (χ0n) is 12.8. The van der Waals surface area contributed by atoms with Gasteiger partial charge in [-0.05, 0) is 32.0 Å². The van der Waals surface area contributed by atoms with Gasteiger partial charge >= 0.3 is 0 Å². The summed E-state index contributed by atoms with van der Waals surface area (Å²) in [6.45, 7) is 5.26. The van der Waals surface area contributed by atoms with Crippen molar-refractivity contribution in [1.29, 1.82) is 5.26 Å². The van der Waals surface area contributed by atoms with Crippen LogP contribution in [0.4, 0.5) is 11.4 Å². The molecule has 0 fully saturated rings. The minimum atomic E-state index is -0.513. The quantitative estimate of drug-likeness (QED) is 0.755. The average molecular weight is 291 g/mol. The smallest absolute Gasteiger partial charge is 0.224 e. The Morgan fingerprint density at radius 2 is 2.14 bits per heavy atom. The molecular weight excluding hydrogens is 270 g/mol. The maximum Gasteiger partial charge on any atom is 0.224 e. The molecule has 2 N–H and O–H groups in total. The summed E-state index contributed by atoms with van der Waals surface area (Å²) in [5, 5.41) is 14.6. The number of amides is 1. The molecule has 1 rings (SSSR count). The number of methoxy groups -OCH3 is 1. The van der Waals surface area contributed by atoms with E-state index >= 15 is 0 Å². The van der Waals surface area contributed by atoms with Crippen LogP contribution in [-0.2, 0) is 9.53 Å². The Labute approximate surface area is 125 Å². The molecule has 21 heavy (non-hydrogen) atoms. The molecule has 2 unspecified atom stereocenters. The van der Waals surface area contributed by atoms with Crippen LogP contribution in [0.3, 0.4) is 0 Å². The minimum absolute atomic E-state index is 0.0616. The van der Waals surface area contributed by atoms with Crippen molar-refractivity contribution in [1.82, 2.24) is 0 Å². The number of benzene rings is 1. The molecule has 0 radical (unpaired) electrons. The first-order valence-electron chi connectivity index (χ1n) is 6.79. The first-order valence-corrected chi connectivity index (χ1v) is 6.79. The van der Waals surface area contributed by atoms with Crippen LogP contribution in [0.2, 0.25) is 0 Å². The largest absolute Gasteiger partial charge is 0.495 e. The molecule has 0 aliphatic carbocycles. The van der Waals surface area contributed by atoms with Crippen LogP contribution in [-0.4, -0.2) is 25.3 Å². The van der Waals surface area contributed by atoms with Gasteiger partial charge in [0, 0.05) is 12.1 Å². The van der Waals surface area contributed by atoms with Gasteiger partial charge in [-0.2, -0.15) is 5.26 Å². The first-order chi connectivity index (χ1) is 9.99. The normalized spacial score (nSPS) is 12.9. The fourth-order valence-electron chi connectivity index (χ4n) is 1.74. The summed E-state index contributed by atoms with van der Waals surface area (Å²) in [6, 6.07) is 7.29. The number of rotatable bonds is 7. The predicted octanol–water partition coefficient (Wildman–Crippen LogP) is 2.73. The SMILES string of the molecule is CCC(=O)Nc1ccc(OC)c(NC(C)OC(C)C#N)c1. The molecule has 0 aliphatic rings. The molecule has 6 heteroatoms. The fourth-order valence-corrected chi connectivity index (χ4v) is 1.74. The van der Waals surface area contributed by atoms with Gasteiger partial charge in [0.2, 0.25) is 5.91 Å². The van der Waals surface area contributed by atoms with Crippen molar-refractivity contribution in [3.63, 3.8) is 0 Å². The number of carbonyl (C=O) groups is 1. The Bertz CT molecular complexity index is 525. The highest BCUT2D eigenvalue weighted by Gasteiger charge is 2.11. The van der Waals surface area contributed by atoms with E-state index < -0.39 is 6.10 Å². The summed E-state index contributed by atoms with van der Waals surface area (Å²) in [7, 11) is 1.56. The van der Waals surface area contributed by atoms with Gasteiger partial charge in [-0.15, -0.1) is 0 Å². The van der Waals surface area contributed by atoms with Gasteiger partial charge < -0.3 is 20.1 Å². The van der Waals surface area contributed by atoms with Crippen molar-refractivity contribution in [2.75, 3.05) is 17.7 Å². The van der Waals surface area contributed by atoms with Crippen LogP contribution in [0.25, 0.3) is 0 Å². The highest BCUT2D eigenvalue weighted by atomic mass is 16.5. The number of hydrogen-bond acceptors (Lipinski definition) is 5. The van der Waals surface area contributed by atoms with Crippen molar-refractivity contribution in [3.05, 3.63) is 18.2 Å². The lowest BCUT2D eigenvalue weighted by Gasteiger charge is -2.20. The van der Waals surface area contributed by atoms with E-state index in [1.807, 2.05) is 6.07 Å². The average Bonchev–Trinajstić information content (AvgIpc) is 2.47. The van der Waals surface area contributed by atoms with Crippen LogP contribution in [0.15, 0.2) is 18.2 Å². The van der Waals surface area contributed by atoms with Crippen molar-refractivity contribution < 1.29 is 14.3 Å². The Morgan fingerprint density at radius 3 is 2.71 bits per heavy atom. The Hall–Kier alpha value is -2.26. The van der Waals surface area contributed by atoms with Crippen LogP contribution in [0.1, 0.15) is 27.2 Å². The van der Waals surface area contributed by atoms with Crippen LogP contribution in [0, 0.1) is 11.3 Å². The molecule has 1 aromatic rings. The topological polar surface area (TPSA) is 83.4 Å². The van der Waals surface area contributed by atoms with E-state index in [4.69, 9.17) is 14.7 Å². The zero-order valence-corrected chi connectivity index (χ0v) is 12.8. The molecule has 0 heterocycles. The van der Waals surface area contributed by atoms with Crippen molar-refractivity contribution >= 4 is 17.3 Å². The molecular formula is C15H21N3O3. The van der Waals surface area contributed by atoms with Gasteiger partial charge in [-0.1, -0.05) is 6.92 Å². The van der Waals surface area contributed by atoms with E-state index in [-0.39, 0.29) is 12.1 Å². The second-order valence-electron chi connectivity index (χ2n) is 4.51. The van der Waals surface area contributed by atoms with Gasteiger partial charge in [0.1, 0.15) is 18.1 Å². The summed E-state index contributed by atoms with van der Waals surface area (Å²) >= 11 is 0. The Morgan fingerprint density at radius 1 is 1.43 bits per heavy atom. The van der Waals surface area contributed by atoms with Crippen LogP contribution < -0.4 is 15.4 Å². The molecule has 114 valence electrons. The van der Waals surface area contributed by atoms with Crippen molar-refractivity contribution in [3.8, 4) is 11.8 Å². The number of nitriles is 1. The highest BCUT2D eigenvalue weighted by Crippen LogP contribution is 2.28. The molecule has 6 nitrogen and oxygen atoms in total. The van der Waals surface area contributed by atoms with E-state index in [9.17, 15) is 4.79 Å². The van der Waals surface area contributed by atoms with Gasteiger partial charge in [0.25, 0.3) is 0 Å². The van der Waals surface area contributed by atoms with Gasteiger partial charge in [-0.25, -0.2) is 0 Å². The summed E-state index contributed by atoms with van der Waals surface area (Å²) in [4.78, 5) is 11.4. The lowest BCUT2D eigenvalue weighted by atomic mass is 10.2. The summed E-state index contributed by atoms with van der Waals surface area (Å²) in [6.07, 6.45) is -0.472. The standard InChI is InChI=1S/C15H21N3O3/c1-5-15(19)18-12-6-7-14(20-4)13(8-12)17-11(3)21-10(2)9-16/h6-8,10-11,17H,5H2,1-4H3,(H,18,19). The molecule has 1 amide bonds. The molecule has 0 aliphatic heterocycles. The third-order valence-electron chi connectivity index (χ3n) is 2.75. The highest BCUT2D eigenvalue weighted by molar-refractivity contribution is 5.91. The molecule has 1 aromatic carbocycles. The minimum Gasteiger partial charge on any atom is -0.495 e. The molecule has 0 saturated heterocycles. The Kier molecular flexibility index (Phi) is 6.50. The van der Waals surface area contributed by atoms with Crippen molar-refractivity contribution in [2.45, 2.75) is 39.5 Å². The van der Waals surface area contributed by atoms with E-state index in [0.717, 1.165) is 0 Å². The lowest BCUT2D eigenvalue weighted by Crippen LogP contribution is -2.24.